The molecule has 0 aliphatic rings. The third-order valence-corrected chi connectivity index (χ3v) is 3.33. The van der Waals surface area contributed by atoms with Crippen LogP contribution in [0.15, 0.2) is 46.9 Å². The third kappa shape index (κ3) is 3.48. The molecule has 0 unspecified atom stereocenters. The van der Waals surface area contributed by atoms with Crippen LogP contribution in [0.25, 0.3) is 0 Å². The van der Waals surface area contributed by atoms with Gasteiger partial charge in [0.15, 0.2) is 0 Å². The number of hydrogen-bond acceptors (Lipinski definition) is 1. The first kappa shape index (κ1) is 12.5. The first-order valence-corrected chi connectivity index (χ1v) is 6.57. The Morgan fingerprint density at radius 1 is 1.12 bits per heavy atom. The van der Waals surface area contributed by atoms with Crippen molar-refractivity contribution in [3.63, 3.8) is 0 Å². The zero-order valence-electron chi connectivity index (χ0n) is 9.50. The molecule has 88 valence electrons. The summed E-state index contributed by atoms with van der Waals surface area (Å²) in [5.74, 6) is 0. The Morgan fingerprint density at radius 2 is 1.82 bits per heavy atom. The van der Waals surface area contributed by atoms with Gasteiger partial charge in [-0.05, 0) is 48.4 Å². The molecule has 0 spiro atoms. The van der Waals surface area contributed by atoms with Crippen LogP contribution in [-0.4, -0.2) is 0 Å². The minimum atomic E-state index is 0.772. The number of benzene rings is 2. The zero-order chi connectivity index (χ0) is 12.3. The highest BCUT2D eigenvalue weighted by Crippen LogP contribution is 2.20. The first-order valence-electron chi connectivity index (χ1n) is 5.39. The van der Waals surface area contributed by atoms with E-state index in [1.54, 1.807) is 0 Å². The summed E-state index contributed by atoms with van der Waals surface area (Å²) in [6, 6.07) is 14.1. The molecule has 2 aromatic carbocycles. The topological polar surface area (TPSA) is 12.0 Å². The number of rotatable bonds is 3. The lowest BCUT2D eigenvalue weighted by molar-refractivity contribution is 1.14. The normalized spacial score (nSPS) is 10.3. The van der Waals surface area contributed by atoms with Gasteiger partial charge in [0.2, 0.25) is 0 Å². The van der Waals surface area contributed by atoms with E-state index in [9.17, 15) is 0 Å². The predicted octanol–water partition coefficient (Wildman–Crippen LogP) is 5.02. The second kappa shape index (κ2) is 5.56. The van der Waals surface area contributed by atoms with Crippen LogP contribution >= 0.6 is 27.5 Å². The second-order valence-corrected chi connectivity index (χ2v) is 5.29. The standard InChI is InChI=1S/C14H13BrClN/c1-10-8-12(15)4-7-14(10)17-9-11-2-5-13(16)6-3-11/h2-8,17H,9H2,1H3. The van der Waals surface area contributed by atoms with Crippen molar-refractivity contribution >= 4 is 33.2 Å². The van der Waals surface area contributed by atoms with Crippen molar-refractivity contribution in [1.82, 2.24) is 0 Å². The van der Waals surface area contributed by atoms with E-state index < -0.39 is 0 Å². The second-order valence-electron chi connectivity index (χ2n) is 3.94. The van der Waals surface area contributed by atoms with Crippen molar-refractivity contribution in [3.8, 4) is 0 Å². The van der Waals surface area contributed by atoms with Crippen LogP contribution in [0, 0.1) is 6.92 Å². The Balaban J connectivity index is 2.04. The predicted molar refractivity (Wildman–Crippen MR) is 77.7 cm³/mol. The van der Waals surface area contributed by atoms with Crippen molar-refractivity contribution in [2.75, 3.05) is 5.32 Å². The minimum Gasteiger partial charge on any atom is -0.381 e. The molecule has 1 N–H and O–H groups in total. The minimum absolute atomic E-state index is 0.772. The Morgan fingerprint density at radius 3 is 2.47 bits per heavy atom. The average Bonchev–Trinajstić information content (AvgIpc) is 2.30. The van der Waals surface area contributed by atoms with Crippen LogP contribution in [0.1, 0.15) is 11.1 Å². The highest BCUT2D eigenvalue weighted by Gasteiger charge is 1.99. The lowest BCUT2D eigenvalue weighted by Crippen LogP contribution is -2.00. The van der Waals surface area contributed by atoms with E-state index in [-0.39, 0.29) is 0 Å². The smallest absolute Gasteiger partial charge is 0.0406 e. The molecule has 2 aromatic rings. The van der Waals surface area contributed by atoms with E-state index >= 15 is 0 Å². The molecule has 0 aliphatic carbocycles. The van der Waals surface area contributed by atoms with Gasteiger partial charge in [0, 0.05) is 21.7 Å². The molecular formula is C14H13BrClN. The number of hydrogen-bond donors (Lipinski definition) is 1. The number of nitrogens with one attached hydrogen (secondary N) is 1. The molecule has 3 heteroatoms. The van der Waals surface area contributed by atoms with E-state index in [4.69, 9.17) is 11.6 Å². The summed E-state index contributed by atoms with van der Waals surface area (Å²) >= 11 is 9.30. The molecule has 17 heavy (non-hydrogen) atoms. The van der Waals surface area contributed by atoms with Crippen LogP contribution in [0.2, 0.25) is 5.02 Å². The molecule has 0 saturated carbocycles. The van der Waals surface area contributed by atoms with Crippen molar-refractivity contribution in [2.45, 2.75) is 13.5 Å². The summed E-state index contributed by atoms with van der Waals surface area (Å²) in [6.07, 6.45) is 0. The van der Waals surface area contributed by atoms with E-state index in [1.807, 2.05) is 30.3 Å². The molecule has 0 aliphatic heterocycles. The van der Waals surface area contributed by atoms with Gasteiger partial charge in [-0.25, -0.2) is 0 Å². The van der Waals surface area contributed by atoms with Crippen LogP contribution in [0.5, 0.6) is 0 Å². The van der Waals surface area contributed by atoms with Gasteiger partial charge < -0.3 is 5.32 Å². The van der Waals surface area contributed by atoms with E-state index in [2.05, 4.69) is 40.3 Å². The maximum absolute atomic E-state index is 5.85. The van der Waals surface area contributed by atoms with E-state index in [0.29, 0.717) is 0 Å². The highest BCUT2D eigenvalue weighted by atomic mass is 79.9. The van der Waals surface area contributed by atoms with Gasteiger partial charge in [-0.2, -0.15) is 0 Å². The molecule has 0 atom stereocenters. The summed E-state index contributed by atoms with van der Waals surface area (Å²) in [5, 5.41) is 4.18. The fourth-order valence-electron chi connectivity index (χ4n) is 1.62. The van der Waals surface area contributed by atoms with Gasteiger partial charge >= 0.3 is 0 Å². The van der Waals surface area contributed by atoms with Crippen LogP contribution in [0.4, 0.5) is 5.69 Å². The monoisotopic (exact) mass is 309 g/mol. The van der Waals surface area contributed by atoms with Crippen molar-refractivity contribution in [2.24, 2.45) is 0 Å². The van der Waals surface area contributed by atoms with Crippen molar-refractivity contribution < 1.29 is 0 Å². The Hall–Kier alpha value is -0.990. The van der Waals surface area contributed by atoms with E-state index in [0.717, 1.165) is 21.7 Å². The number of anilines is 1. The first-order chi connectivity index (χ1) is 8.15. The fraction of sp³-hybridized carbons (Fsp3) is 0.143. The zero-order valence-corrected chi connectivity index (χ0v) is 11.8. The maximum atomic E-state index is 5.85. The van der Waals surface area contributed by atoms with Gasteiger partial charge in [-0.15, -0.1) is 0 Å². The molecular weight excluding hydrogens is 298 g/mol. The van der Waals surface area contributed by atoms with Crippen LogP contribution < -0.4 is 5.32 Å². The van der Waals surface area contributed by atoms with Crippen LogP contribution in [-0.2, 0) is 6.54 Å². The van der Waals surface area contributed by atoms with Crippen molar-refractivity contribution in [3.05, 3.63) is 63.1 Å². The fourth-order valence-corrected chi connectivity index (χ4v) is 2.23. The molecule has 0 heterocycles. The van der Waals surface area contributed by atoms with Crippen molar-refractivity contribution in [1.29, 1.82) is 0 Å². The Kier molecular flexibility index (Phi) is 4.08. The summed E-state index contributed by atoms with van der Waals surface area (Å²) in [6.45, 7) is 2.90. The van der Waals surface area contributed by atoms with Gasteiger partial charge in [-0.1, -0.05) is 39.7 Å². The molecule has 2 rings (SSSR count). The lowest BCUT2D eigenvalue weighted by Gasteiger charge is -2.10. The number of halogens is 2. The summed E-state index contributed by atoms with van der Waals surface area (Å²) in [5.41, 5.74) is 3.60. The highest BCUT2D eigenvalue weighted by molar-refractivity contribution is 9.10. The average molecular weight is 311 g/mol. The molecule has 0 bridgehead atoms. The Bertz CT molecular complexity index is 508. The lowest BCUT2D eigenvalue weighted by atomic mass is 10.2. The van der Waals surface area contributed by atoms with Gasteiger partial charge in [0.1, 0.15) is 0 Å². The number of aryl methyl sites for hydroxylation is 1. The largest absolute Gasteiger partial charge is 0.381 e. The molecule has 0 saturated heterocycles. The SMILES string of the molecule is Cc1cc(Br)ccc1NCc1ccc(Cl)cc1. The summed E-state index contributed by atoms with van der Waals surface area (Å²) in [4.78, 5) is 0. The van der Waals surface area contributed by atoms with Gasteiger partial charge in [0.25, 0.3) is 0 Å². The molecule has 0 radical (unpaired) electrons. The quantitative estimate of drug-likeness (QED) is 0.839. The molecule has 0 amide bonds. The van der Waals surface area contributed by atoms with Gasteiger partial charge in [0.05, 0.1) is 0 Å². The molecule has 1 nitrogen and oxygen atoms in total. The molecule has 0 aromatic heterocycles. The van der Waals surface area contributed by atoms with Gasteiger partial charge in [-0.3, -0.25) is 0 Å². The van der Waals surface area contributed by atoms with Crippen LogP contribution in [0.3, 0.4) is 0 Å². The van der Waals surface area contributed by atoms with E-state index in [1.165, 1.54) is 11.1 Å². The summed E-state index contributed by atoms with van der Waals surface area (Å²) < 4.78 is 1.10. The third-order valence-electron chi connectivity index (χ3n) is 2.58. The molecule has 0 fully saturated rings. The maximum Gasteiger partial charge on any atom is 0.0406 e. The Labute approximate surface area is 115 Å². The summed E-state index contributed by atoms with van der Waals surface area (Å²) in [7, 11) is 0.